The first-order chi connectivity index (χ1) is 16.6. The molecule has 2 N–H and O–H groups in total. The van der Waals surface area contributed by atoms with E-state index < -0.39 is 0 Å². The van der Waals surface area contributed by atoms with Gasteiger partial charge in [0, 0.05) is 53.9 Å². The molecule has 0 saturated carbocycles. The smallest absolute Gasteiger partial charge is 0.123 e. The zero-order valence-corrected chi connectivity index (χ0v) is 18.5. The Labute approximate surface area is 194 Å². The molecule has 0 saturated heterocycles. The Balaban J connectivity index is 1.48. The fourth-order valence-electron chi connectivity index (χ4n) is 4.14. The van der Waals surface area contributed by atoms with E-state index in [1.807, 2.05) is 49.5 Å². The second-order valence-electron chi connectivity index (χ2n) is 8.33. The van der Waals surface area contributed by atoms with Gasteiger partial charge < -0.3 is 9.88 Å². The van der Waals surface area contributed by atoms with Crippen LogP contribution in [0.25, 0.3) is 55.7 Å². The Morgan fingerprint density at radius 2 is 1.71 bits per heavy atom. The van der Waals surface area contributed by atoms with Crippen LogP contribution in [0, 0.1) is 5.82 Å². The van der Waals surface area contributed by atoms with Crippen LogP contribution in [-0.4, -0.2) is 44.2 Å². The first kappa shape index (κ1) is 20.0. The number of hydrogen-bond donors (Lipinski definition) is 2. The Kier molecular flexibility index (Phi) is 4.58. The monoisotopic (exact) mass is 449 g/mol. The highest BCUT2D eigenvalue weighted by atomic mass is 19.1. The van der Waals surface area contributed by atoms with Gasteiger partial charge in [0.1, 0.15) is 11.5 Å². The summed E-state index contributed by atoms with van der Waals surface area (Å²) in [6, 6.07) is 14.4. The average Bonchev–Trinajstić information content (AvgIpc) is 3.47. The molecular weight excluding hydrogens is 429 g/mol. The van der Waals surface area contributed by atoms with Crippen LogP contribution in [0.4, 0.5) is 10.1 Å². The normalized spacial score (nSPS) is 11.4. The van der Waals surface area contributed by atoms with Crippen LogP contribution in [0.15, 0.2) is 73.3 Å². The summed E-state index contributed by atoms with van der Waals surface area (Å²) >= 11 is 0. The van der Waals surface area contributed by atoms with E-state index in [4.69, 9.17) is 0 Å². The van der Waals surface area contributed by atoms with Crippen molar-refractivity contribution in [1.82, 2.24) is 30.1 Å². The molecular formula is C26H20FN7. The Morgan fingerprint density at radius 3 is 2.56 bits per heavy atom. The zero-order valence-electron chi connectivity index (χ0n) is 18.5. The van der Waals surface area contributed by atoms with Crippen LogP contribution < -0.4 is 4.90 Å². The summed E-state index contributed by atoms with van der Waals surface area (Å²) in [4.78, 5) is 18.9. The number of anilines is 1. The SMILES string of the molecule is CN(C)c1cncc(-c2cc3c(-c4cc5c(-c6cccc(F)c6)nccc5[nH]4)n[nH]c3cn2)c1. The van der Waals surface area contributed by atoms with Gasteiger partial charge in [-0.25, -0.2) is 4.39 Å². The number of H-pyrrole nitrogens is 2. The van der Waals surface area contributed by atoms with E-state index in [1.54, 1.807) is 24.7 Å². The molecule has 5 heterocycles. The van der Waals surface area contributed by atoms with Gasteiger partial charge in [0.2, 0.25) is 0 Å². The van der Waals surface area contributed by atoms with Crippen molar-refractivity contribution in [3.63, 3.8) is 0 Å². The van der Waals surface area contributed by atoms with Crippen molar-refractivity contribution in [2.24, 2.45) is 0 Å². The molecule has 6 aromatic rings. The van der Waals surface area contributed by atoms with Gasteiger partial charge in [-0.05, 0) is 36.4 Å². The number of aromatic nitrogens is 6. The van der Waals surface area contributed by atoms with E-state index in [0.29, 0.717) is 5.69 Å². The number of pyridine rings is 3. The summed E-state index contributed by atoms with van der Waals surface area (Å²) in [7, 11) is 3.96. The van der Waals surface area contributed by atoms with Crippen LogP contribution in [0.3, 0.4) is 0 Å². The summed E-state index contributed by atoms with van der Waals surface area (Å²) in [5.41, 5.74) is 7.52. The van der Waals surface area contributed by atoms with E-state index in [2.05, 4.69) is 36.2 Å². The molecule has 7 nitrogen and oxygen atoms in total. The molecule has 0 aliphatic rings. The Morgan fingerprint density at radius 1 is 0.824 bits per heavy atom. The number of benzene rings is 1. The lowest BCUT2D eigenvalue weighted by Crippen LogP contribution is -2.08. The molecule has 0 bridgehead atoms. The fourth-order valence-corrected chi connectivity index (χ4v) is 4.14. The minimum atomic E-state index is -0.293. The second kappa shape index (κ2) is 7.77. The maximum Gasteiger partial charge on any atom is 0.123 e. The van der Waals surface area contributed by atoms with Crippen molar-refractivity contribution in [1.29, 1.82) is 0 Å². The quantitative estimate of drug-likeness (QED) is 0.375. The number of nitrogens with zero attached hydrogens (tertiary/aromatic N) is 5. The average molecular weight is 449 g/mol. The van der Waals surface area contributed by atoms with Gasteiger partial charge in [0.25, 0.3) is 0 Å². The summed E-state index contributed by atoms with van der Waals surface area (Å²) in [6.45, 7) is 0. The molecule has 0 atom stereocenters. The van der Waals surface area contributed by atoms with Crippen LogP contribution >= 0.6 is 0 Å². The third-order valence-corrected chi connectivity index (χ3v) is 5.88. The van der Waals surface area contributed by atoms with E-state index in [0.717, 1.165) is 55.7 Å². The maximum absolute atomic E-state index is 13.8. The van der Waals surface area contributed by atoms with E-state index in [-0.39, 0.29) is 5.82 Å². The molecule has 0 aliphatic carbocycles. The predicted molar refractivity (Wildman–Crippen MR) is 132 cm³/mol. The lowest BCUT2D eigenvalue weighted by Gasteiger charge is -2.12. The third-order valence-electron chi connectivity index (χ3n) is 5.88. The summed E-state index contributed by atoms with van der Waals surface area (Å²) < 4.78 is 13.8. The van der Waals surface area contributed by atoms with Crippen molar-refractivity contribution in [3.8, 4) is 33.9 Å². The minimum absolute atomic E-state index is 0.293. The zero-order chi connectivity index (χ0) is 23.2. The molecule has 8 heteroatoms. The van der Waals surface area contributed by atoms with Crippen LogP contribution in [0.1, 0.15) is 0 Å². The number of halogens is 1. The summed E-state index contributed by atoms with van der Waals surface area (Å²) in [5.74, 6) is -0.293. The summed E-state index contributed by atoms with van der Waals surface area (Å²) in [5, 5.41) is 9.47. The van der Waals surface area contributed by atoms with E-state index >= 15 is 0 Å². The number of hydrogen-bond acceptors (Lipinski definition) is 5. The maximum atomic E-state index is 13.8. The number of nitrogens with one attached hydrogen (secondary N) is 2. The van der Waals surface area contributed by atoms with Crippen LogP contribution in [0.2, 0.25) is 0 Å². The molecule has 0 unspecified atom stereocenters. The number of rotatable bonds is 4. The molecule has 0 aliphatic heterocycles. The summed E-state index contributed by atoms with van der Waals surface area (Å²) in [6.07, 6.45) is 7.13. The first-order valence-electron chi connectivity index (χ1n) is 10.8. The van der Waals surface area contributed by atoms with Gasteiger partial charge in [-0.2, -0.15) is 5.10 Å². The molecule has 0 radical (unpaired) electrons. The van der Waals surface area contributed by atoms with Gasteiger partial charge in [-0.15, -0.1) is 0 Å². The van der Waals surface area contributed by atoms with Crippen molar-refractivity contribution in [2.45, 2.75) is 0 Å². The molecule has 1 aromatic carbocycles. The van der Waals surface area contributed by atoms with Gasteiger partial charge in [0.05, 0.1) is 40.7 Å². The molecule has 34 heavy (non-hydrogen) atoms. The largest absolute Gasteiger partial charge is 0.376 e. The van der Waals surface area contributed by atoms with Gasteiger partial charge in [-0.3, -0.25) is 20.1 Å². The molecule has 6 rings (SSSR count). The van der Waals surface area contributed by atoms with Crippen molar-refractivity contribution < 1.29 is 4.39 Å². The topological polar surface area (TPSA) is 86.4 Å². The van der Waals surface area contributed by atoms with Crippen LogP contribution in [0.5, 0.6) is 0 Å². The Bertz CT molecular complexity index is 1670. The Hall–Kier alpha value is -4.59. The molecule has 166 valence electrons. The minimum Gasteiger partial charge on any atom is -0.376 e. The lowest BCUT2D eigenvalue weighted by atomic mass is 10.1. The van der Waals surface area contributed by atoms with Crippen molar-refractivity contribution in [2.75, 3.05) is 19.0 Å². The fraction of sp³-hybridized carbons (Fsp3) is 0.0769. The molecule has 5 aromatic heterocycles. The van der Waals surface area contributed by atoms with E-state index in [1.165, 1.54) is 12.1 Å². The highest BCUT2D eigenvalue weighted by Crippen LogP contribution is 2.34. The lowest BCUT2D eigenvalue weighted by molar-refractivity contribution is 0.628. The number of fused-ring (bicyclic) bond motifs is 2. The third kappa shape index (κ3) is 3.36. The predicted octanol–water partition coefficient (Wildman–Crippen LogP) is 5.44. The second-order valence-corrected chi connectivity index (χ2v) is 8.33. The van der Waals surface area contributed by atoms with Gasteiger partial charge in [-0.1, -0.05) is 12.1 Å². The van der Waals surface area contributed by atoms with E-state index in [9.17, 15) is 4.39 Å². The van der Waals surface area contributed by atoms with Crippen LogP contribution in [-0.2, 0) is 0 Å². The molecule has 0 fully saturated rings. The standard InChI is InChI=1S/C26H20FN7/c1-34(2)18-9-16(12-28-13-18)22-10-20-24(14-30-22)32-33-26(20)23-11-19-21(31-23)6-7-29-25(19)15-4-3-5-17(27)8-15/h3-14,31H,1-2H3,(H,32,33). The molecule has 0 amide bonds. The highest BCUT2D eigenvalue weighted by Gasteiger charge is 2.16. The first-order valence-corrected chi connectivity index (χ1v) is 10.8. The van der Waals surface area contributed by atoms with Crippen molar-refractivity contribution in [3.05, 3.63) is 79.1 Å². The van der Waals surface area contributed by atoms with Gasteiger partial charge >= 0.3 is 0 Å². The van der Waals surface area contributed by atoms with Gasteiger partial charge in [0.15, 0.2) is 0 Å². The number of aromatic amines is 2. The molecule has 0 spiro atoms. The highest BCUT2D eigenvalue weighted by molar-refractivity contribution is 6.00. The van der Waals surface area contributed by atoms with Crippen molar-refractivity contribution >= 4 is 27.5 Å².